The highest BCUT2D eigenvalue weighted by Gasteiger charge is 2.11. The van der Waals surface area contributed by atoms with Crippen molar-refractivity contribution in [3.8, 4) is 22.8 Å². The number of benzene rings is 1. The molecule has 1 heterocycles. The van der Waals surface area contributed by atoms with Gasteiger partial charge in [-0.25, -0.2) is 0 Å². The van der Waals surface area contributed by atoms with Crippen molar-refractivity contribution < 1.29 is 9.47 Å². The number of hydrogen-bond acceptors (Lipinski definition) is 3. The van der Waals surface area contributed by atoms with Crippen molar-refractivity contribution in [3.05, 3.63) is 42.1 Å². The van der Waals surface area contributed by atoms with Gasteiger partial charge in [-0.2, -0.15) is 0 Å². The lowest BCUT2D eigenvalue weighted by atomic mass is 10.1. The van der Waals surface area contributed by atoms with Crippen LogP contribution in [0.2, 0.25) is 0 Å². The number of pyridine rings is 1. The molecule has 0 amide bonds. The van der Waals surface area contributed by atoms with E-state index in [1.54, 1.807) is 13.3 Å². The minimum Gasteiger partial charge on any atom is -0.497 e. The zero-order valence-electron chi connectivity index (χ0n) is 11.6. The third kappa shape index (κ3) is 3.05. The molecule has 100 valence electrons. The molecule has 0 bridgehead atoms. The van der Waals surface area contributed by atoms with Crippen LogP contribution >= 0.6 is 0 Å². The molecule has 1 aromatic carbocycles. The molecule has 0 saturated heterocycles. The lowest BCUT2D eigenvalue weighted by Gasteiger charge is -2.13. The van der Waals surface area contributed by atoms with Crippen LogP contribution in [0, 0.1) is 6.92 Å². The predicted molar refractivity (Wildman–Crippen MR) is 76.7 cm³/mol. The van der Waals surface area contributed by atoms with Crippen molar-refractivity contribution >= 4 is 0 Å². The average molecular weight is 257 g/mol. The van der Waals surface area contributed by atoms with Crippen LogP contribution in [0.25, 0.3) is 11.3 Å². The molecule has 0 spiro atoms. The molecule has 0 unspecified atom stereocenters. The monoisotopic (exact) mass is 257 g/mol. The summed E-state index contributed by atoms with van der Waals surface area (Å²) < 4.78 is 11.1. The number of aromatic nitrogens is 1. The standard InChI is InChI=1S/C16H19NO2/c1-4-10-19-15-11-13(18-3)7-8-14(15)16-12(2)6-5-9-17-16/h5-9,11H,4,10H2,1-3H3. The van der Waals surface area contributed by atoms with Crippen molar-refractivity contribution in [2.24, 2.45) is 0 Å². The van der Waals surface area contributed by atoms with E-state index >= 15 is 0 Å². The Hall–Kier alpha value is -2.03. The summed E-state index contributed by atoms with van der Waals surface area (Å²) in [5, 5.41) is 0. The van der Waals surface area contributed by atoms with Gasteiger partial charge in [0.2, 0.25) is 0 Å². The highest BCUT2D eigenvalue weighted by molar-refractivity contribution is 5.70. The molecule has 2 rings (SSSR count). The number of hydrogen-bond donors (Lipinski definition) is 0. The summed E-state index contributed by atoms with van der Waals surface area (Å²) in [6.45, 7) is 4.83. The van der Waals surface area contributed by atoms with Crippen LogP contribution in [-0.2, 0) is 0 Å². The Morgan fingerprint density at radius 2 is 2.05 bits per heavy atom. The van der Waals surface area contributed by atoms with Crippen molar-refractivity contribution in [1.29, 1.82) is 0 Å². The van der Waals surface area contributed by atoms with E-state index in [-0.39, 0.29) is 0 Å². The zero-order chi connectivity index (χ0) is 13.7. The Kier molecular flexibility index (Phi) is 4.39. The Labute approximate surface area is 114 Å². The van der Waals surface area contributed by atoms with Crippen LogP contribution in [0.3, 0.4) is 0 Å². The van der Waals surface area contributed by atoms with E-state index in [1.807, 2.05) is 24.3 Å². The van der Waals surface area contributed by atoms with Crippen LogP contribution in [0.5, 0.6) is 11.5 Å². The molecule has 0 aliphatic rings. The maximum absolute atomic E-state index is 5.82. The van der Waals surface area contributed by atoms with Crippen molar-refractivity contribution in [3.63, 3.8) is 0 Å². The van der Waals surface area contributed by atoms with Gasteiger partial charge in [0, 0.05) is 17.8 Å². The summed E-state index contributed by atoms with van der Waals surface area (Å²) in [5.74, 6) is 1.62. The van der Waals surface area contributed by atoms with Crippen molar-refractivity contribution in [2.75, 3.05) is 13.7 Å². The van der Waals surface area contributed by atoms with E-state index in [1.165, 1.54) is 0 Å². The van der Waals surface area contributed by atoms with Gasteiger partial charge in [0.15, 0.2) is 0 Å². The number of ether oxygens (including phenoxy) is 2. The van der Waals surface area contributed by atoms with E-state index in [4.69, 9.17) is 9.47 Å². The summed E-state index contributed by atoms with van der Waals surface area (Å²) in [6.07, 6.45) is 2.77. The van der Waals surface area contributed by atoms with E-state index < -0.39 is 0 Å². The first kappa shape index (κ1) is 13.4. The van der Waals surface area contributed by atoms with E-state index in [0.29, 0.717) is 6.61 Å². The fourth-order valence-electron chi connectivity index (χ4n) is 1.92. The molecule has 0 fully saturated rings. The van der Waals surface area contributed by atoms with E-state index in [2.05, 4.69) is 24.9 Å². The topological polar surface area (TPSA) is 31.4 Å². The van der Waals surface area contributed by atoms with Gasteiger partial charge in [-0.3, -0.25) is 4.98 Å². The van der Waals surface area contributed by atoms with Gasteiger partial charge < -0.3 is 9.47 Å². The van der Waals surface area contributed by atoms with Crippen LogP contribution in [0.4, 0.5) is 0 Å². The second-order valence-electron chi connectivity index (χ2n) is 4.38. The Bertz CT molecular complexity index is 552. The molecule has 2 aromatic rings. The number of methoxy groups -OCH3 is 1. The minimum absolute atomic E-state index is 0.687. The van der Waals surface area contributed by atoms with Crippen LogP contribution < -0.4 is 9.47 Å². The molecule has 3 nitrogen and oxygen atoms in total. The minimum atomic E-state index is 0.687. The Morgan fingerprint density at radius 1 is 1.21 bits per heavy atom. The molecule has 1 aromatic heterocycles. The SMILES string of the molecule is CCCOc1cc(OC)ccc1-c1ncccc1C. The predicted octanol–water partition coefficient (Wildman–Crippen LogP) is 3.85. The average Bonchev–Trinajstić information content (AvgIpc) is 2.45. The van der Waals surface area contributed by atoms with Gasteiger partial charge in [0.25, 0.3) is 0 Å². The molecule has 3 heteroatoms. The molecule has 0 aliphatic carbocycles. The third-order valence-electron chi connectivity index (χ3n) is 2.92. The van der Waals surface area contributed by atoms with Gasteiger partial charge in [-0.1, -0.05) is 13.0 Å². The second kappa shape index (κ2) is 6.23. The smallest absolute Gasteiger partial charge is 0.132 e. The largest absolute Gasteiger partial charge is 0.497 e. The number of nitrogens with zero attached hydrogens (tertiary/aromatic N) is 1. The number of aryl methyl sites for hydroxylation is 1. The van der Waals surface area contributed by atoms with Gasteiger partial charge in [-0.15, -0.1) is 0 Å². The first-order chi connectivity index (χ1) is 9.26. The molecule has 0 radical (unpaired) electrons. The maximum Gasteiger partial charge on any atom is 0.132 e. The number of rotatable bonds is 5. The summed E-state index contributed by atoms with van der Waals surface area (Å²) in [4.78, 5) is 4.45. The summed E-state index contributed by atoms with van der Waals surface area (Å²) in [6, 6.07) is 9.84. The first-order valence-corrected chi connectivity index (χ1v) is 6.49. The third-order valence-corrected chi connectivity index (χ3v) is 2.92. The van der Waals surface area contributed by atoms with Gasteiger partial charge in [0.05, 0.1) is 19.4 Å². The maximum atomic E-state index is 5.82. The van der Waals surface area contributed by atoms with Crippen LogP contribution in [0.15, 0.2) is 36.5 Å². The Balaban J connectivity index is 2.46. The van der Waals surface area contributed by atoms with Crippen molar-refractivity contribution in [2.45, 2.75) is 20.3 Å². The zero-order valence-corrected chi connectivity index (χ0v) is 11.6. The van der Waals surface area contributed by atoms with E-state index in [9.17, 15) is 0 Å². The van der Waals surface area contributed by atoms with Gasteiger partial charge >= 0.3 is 0 Å². The summed E-state index contributed by atoms with van der Waals surface area (Å²) in [5.41, 5.74) is 3.10. The van der Waals surface area contributed by atoms with Gasteiger partial charge in [-0.05, 0) is 37.1 Å². The molecule has 0 atom stereocenters. The quantitative estimate of drug-likeness (QED) is 0.815. The molecule has 0 N–H and O–H groups in total. The molecule has 0 saturated carbocycles. The van der Waals surface area contributed by atoms with Gasteiger partial charge in [0.1, 0.15) is 11.5 Å². The lowest BCUT2D eigenvalue weighted by molar-refractivity contribution is 0.316. The lowest BCUT2D eigenvalue weighted by Crippen LogP contribution is -1.99. The molecule has 0 aliphatic heterocycles. The molecular formula is C16H19NO2. The molecule has 19 heavy (non-hydrogen) atoms. The molecular weight excluding hydrogens is 238 g/mol. The fourth-order valence-corrected chi connectivity index (χ4v) is 1.92. The summed E-state index contributed by atoms with van der Waals surface area (Å²) in [7, 11) is 1.66. The van der Waals surface area contributed by atoms with Crippen LogP contribution in [0.1, 0.15) is 18.9 Å². The fraction of sp³-hybridized carbons (Fsp3) is 0.312. The van der Waals surface area contributed by atoms with Crippen LogP contribution in [-0.4, -0.2) is 18.7 Å². The first-order valence-electron chi connectivity index (χ1n) is 6.49. The summed E-state index contributed by atoms with van der Waals surface area (Å²) >= 11 is 0. The second-order valence-corrected chi connectivity index (χ2v) is 4.38. The highest BCUT2D eigenvalue weighted by atomic mass is 16.5. The Morgan fingerprint density at radius 3 is 2.74 bits per heavy atom. The van der Waals surface area contributed by atoms with E-state index in [0.717, 1.165) is 34.7 Å². The highest BCUT2D eigenvalue weighted by Crippen LogP contribution is 2.33. The normalized spacial score (nSPS) is 10.3. The van der Waals surface area contributed by atoms with Crippen molar-refractivity contribution in [1.82, 2.24) is 4.98 Å².